The smallest absolute Gasteiger partial charge is 0.273 e. The molecule has 3 aromatic rings. The van der Waals surface area contributed by atoms with Gasteiger partial charge < -0.3 is 14.3 Å². The summed E-state index contributed by atoms with van der Waals surface area (Å²) in [5, 5.41) is 9.38. The molecule has 2 aliphatic rings. The Kier molecular flexibility index (Phi) is 5.85. The van der Waals surface area contributed by atoms with E-state index < -0.39 is 0 Å². The van der Waals surface area contributed by atoms with Crippen LogP contribution in [-0.2, 0) is 25.9 Å². The number of nitrogens with zero attached hydrogens (tertiary/aromatic N) is 6. The molecule has 9 nitrogen and oxygen atoms in total. The molecule has 5 rings (SSSR count). The van der Waals surface area contributed by atoms with Crippen molar-refractivity contribution in [2.24, 2.45) is 0 Å². The molecule has 0 saturated carbocycles. The van der Waals surface area contributed by atoms with E-state index in [2.05, 4.69) is 10.1 Å². The van der Waals surface area contributed by atoms with Gasteiger partial charge in [-0.1, -0.05) is 35.3 Å². The van der Waals surface area contributed by atoms with E-state index in [1.54, 1.807) is 32.7 Å². The Morgan fingerprint density at radius 3 is 2.76 bits per heavy atom. The molecule has 178 valence electrons. The normalized spacial score (nSPS) is 18.6. The number of rotatable bonds is 4. The zero-order valence-corrected chi connectivity index (χ0v) is 20.6. The number of carbonyl (C=O) groups is 2. The molecule has 1 unspecified atom stereocenters. The number of amides is 2. The van der Waals surface area contributed by atoms with Crippen LogP contribution in [0.25, 0.3) is 0 Å². The molecule has 4 heterocycles. The van der Waals surface area contributed by atoms with Crippen LogP contribution in [0.1, 0.15) is 70.6 Å². The molecule has 1 aromatic carbocycles. The van der Waals surface area contributed by atoms with E-state index in [4.69, 9.17) is 32.8 Å². The molecule has 0 N–H and O–H groups in total. The Balaban J connectivity index is 1.44. The minimum absolute atomic E-state index is 0.0811. The van der Waals surface area contributed by atoms with Gasteiger partial charge in [-0.05, 0) is 32.0 Å². The van der Waals surface area contributed by atoms with Crippen molar-refractivity contribution in [3.8, 4) is 0 Å². The minimum Gasteiger partial charge on any atom is -0.337 e. The van der Waals surface area contributed by atoms with Crippen molar-refractivity contribution in [2.45, 2.75) is 58.8 Å². The van der Waals surface area contributed by atoms with Gasteiger partial charge in [0.1, 0.15) is 11.7 Å². The van der Waals surface area contributed by atoms with Crippen LogP contribution in [0.4, 0.5) is 0 Å². The van der Waals surface area contributed by atoms with Crippen LogP contribution < -0.4 is 0 Å². The third-order valence-electron chi connectivity index (χ3n) is 6.55. The SMILES string of the molecule is CCc1noc(C(C)N2CCn3nc4c(c3C2=O)CN(C(=O)c2ccc(Cl)c(Cl)c2)[C@H](C)C4)n1. The quantitative estimate of drug-likeness (QED) is 0.535. The van der Waals surface area contributed by atoms with Gasteiger partial charge in [0.2, 0.25) is 5.89 Å². The summed E-state index contributed by atoms with van der Waals surface area (Å²) in [5.74, 6) is 0.708. The molecule has 34 heavy (non-hydrogen) atoms. The molecule has 0 spiro atoms. The van der Waals surface area contributed by atoms with Gasteiger partial charge >= 0.3 is 0 Å². The van der Waals surface area contributed by atoms with Gasteiger partial charge in [-0.15, -0.1) is 0 Å². The van der Waals surface area contributed by atoms with Crippen molar-refractivity contribution in [2.75, 3.05) is 6.54 Å². The van der Waals surface area contributed by atoms with Gasteiger partial charge in [0.15, 0.2) is 5.82 Å². The molecule has 2 amide bonds. The predicted molar refractivity (Wildman–Crippen MR) is 125 cm³/mol. The maximum Gasteiger partial charge on any atom is 0.273 e. The van der Waals surface area contributed by atoms with Crippen LogP contribution >= 0.6 is 23.2 Å². The van der Waals surface area contributed by atoms with E-state index >= 15 is 0 Å². The number of halogens is 2. The van der Waals surface area contributed by atoms with Crippen molar-refractivity contribution >= 4 is 35.0 Å². The minimum atomic E-state index is -0.365. The van der Waals surface area contributed by atoms with Crippen LogP contribution in [0.2, 0.25) is 10.0 Å². The predicted octanol–water partition coefficient (Wildman–Crippen LogP) is 3.94. The summed E-state index contributed by atoms with van der Waals surface area (Å²) < 4.78 is 7.15. The topological polar surface area (TPSA) is 97.4 Å². The molecule has 0 aliphatic carbocycles. The molecule has 2 aromatic heterocycles. The summed E-state index contributed by atoms with van der Waals surface area (Å²) in [6.07, 6.45) is 1.22. The number of hydrogen-bond donors (Lipinski definition) is 0. The van der Waals surface area contributed by atoms with E-state index in [1.807, 2.05) is 20.8 Å². The Labute approximate surface area is 206 Å². The van der Waals surface area contributed by atoms with E-state index in [0.717, 1.165) is 11.3 Å². The highest BCUT2D eigenvalue weighted by Gasteiger charge is 2.39. The molecule has 0 radical (unpaired) electrons. The van der Waals surface area contributed by atoms with Crippen LogP contribution in [0.15, 0.2) is 22.7 Å². The fraction of sp³-hybridized carbons (Fsp3) is 0.435. The average Bonchev–Trinajstić information content (AvgIpc) is 3.44. The molecule has 2 atom stereocenters. The molecular weight excluding hydrogens is 479 g/mol. The summed E-state index contributed by atoms with van der Waals surface area (Å²) in [6.45, 7) is 7.14. The third-order valence-corrected chi connectivity index (χ3v) is 7.29. The Hall–Kier alpha value is -2.91. The molecule has 2 aliphatic heterocycles. The number of benzene rings is 1. The van der Waals surface area contributed by atoms with E-state index in [-0.39, 0.29) is 23.9 Å². The van der Waals surface area contributed by atoms with Crippen LogP contribution in [0, 0.1) is 0 Å². The largest absolute Gasteiger partial charge is 0.337 e. The van der Waals surface area contributed by atoms with Crippen LogP contribution in [0.3, 0.4) is 0 Å². The molecule has 11 heteroatoms. The first-order valence-corrected chi connectivity index (χ1v) is 12.0. The highest BCUT2D eigenvalue weighted by molar-refractivity contribution is 6.42. The molecule has 0 bridgehead atoms. The first kappa shape index (κ1) is 22.9. The second-order valence-corrected chi connectivity index (χ2v) is 9.50. The van der Waals surface area contributed by atoms with E-state index in [0.29, 0.717) is 65.5 Å². The van der Waals surface area contributed by atoms with Gasteiger partial charge in [0, 0.05) is 36.6 Å². The van der Waals surface area contributed by atoms with Crippen LogP contribution in [0.5, 0.6) is 0 Å². The highest BCUT2D eigenvalue weighted by atomic mass is 35.5. The van der Waals surface area contributed by atoms with E-state index in [1.165, 1.54) is 0 Å². The summed E-state index contributed by atoms with van der Waals surface area (Å²) in [6, 6.07) is 4.41. The fourth-order valence-corrected chi connectivity index (χ4v) is 4.88. The first-order chi connectivity index (χ1) is 16.3. The summed E-state index contributed by atoms with van der Waals surface area (Å²) in [5.41, 5.74) is 2.61. The Morgan fingerprint density at radius 1 is 1.26 bits per heavy atom. The number of aryl methyl sites for hydroxylation is 1. The van der Waals surface area contributed by atoms with Gasteiger partial charge in [0.25, 0.3) is 11.8 Å². The highest BCUT2D eigenvalue weighted by Crippen LogP contribution is 2.32. The van der Waals surface area contributed by atoms with Gasteiger partial charge in [-0.25, -0.2) is 0 Å². The Bertz CT molecular complexity index is 1290. The zero-order valence-electron chi connectivity index (χ0n) is 19.1. The lowest BCUT2D eigenvalue weighted by atomic mass is 9.97. The first-order valence-electron chi connectivity index (χ1n) is 11.3. The third kappa shape index (κ3) is 3.76. The average molecular weight is 503 g/mol. The summed E-state index contributed by atoms with van der Waals surface area (Å²) in [4.78, 5) is 34.8. The number of fused-ring (bicyclic) bond motifs is 3. The zero-order chi connectivity index (χ0) is 24.1. The number of aromatic nitrogens is 4. The monoisotopic (exact) mass is 502 g/mol. The van der Waals surface area contributed by atoms with Crippen molar-refractivity contribution in [3.05, 3.63) is 62.5 Å². The summed E-state index contributed by atoms with van der Waals surface area (Å²) >= 11 is 12.1. The Morgan fingerprint density at radius 2 is 2.06 bits per heavy atom. The lowest BCUT2D eigenvalue weighted by Gasteiger charge is -2.34. The fourth-order valence-electron chi connectivity index (χ4n) is 4.59. The van der Waals surface area contributed by atoms with Gasteiger partial charge in [-0.3, -0.25) is 14.3 Å². The van der Waals surface area contributed by atoms with Crippen molar-refractivity contribution < 1.29 is 14.1 Å². The standard InChI is InChI=1S/C23H24Cl2N6O3/c1-4-19-26-21(34-28-19)13(3)29-7-8-31-20(23(29)33)15-11-30(12(2)9-18(15)27-31)22(32)14-5-6-16(24)17(25)10-14/h5-6,10,12-13H,4,7-9,11H2,1-3H3/t12-,13?/m1/s1. The van der Waals surface area contributed by atoms with Crippen molar-refractivity contribution in [3.63, 3.8) is 0 Å². The lowest BCUT2D eigenvalue weighted by molar-refractivity contribution is 0.0576. The summed E-state index contributed by atoms with van der Waals surface area (Å²) in [7, 11) is 0. The number of carbonyl (C=O) groups excluding carboxylic acids is 2. The van der Waals surface area contributed by atoms with Crippen LogP contribution in [-0.4, -0.2) is 54.1 Å². The van der Waals surface area contributed by atoms with Crippen molar-refractivity contribution in [1.82, 2.24) is 29.7 Å². The van der Waals surface area contributed by atoms with E-state index in [9.17, 15) is 9.59 Å². The maximum absolute atomic E-state index is 13.6. The molecule has 0 saturated heterocycles. The van der Waals surface area contributed by atoms with Gasteiger partial charge in [-0.2, -0.15) is 10.1 Å². The maximum atomic E-state index is 13.6. The second-order valence-electron chi connectivity index (χ2n) is 8.69. The second kappa shape index (κ2) is 8.70. The lowest BCUT2D eigenvalue weighted by Crippen LogP contribution is -2.44. The molecular formula is C23H24Cl2N6O3. The molecule has 0 fully saturated rings. The van der Waals surface area contributed by atoms with Crippen molar-refractivity contribution in [1.29, 1.82) is 0 Å². The van der Waals surface area contributed by atoms with Gasteiger partial charge in [0.05, 0.1) is 28.8 Å². The number of hydrogen-bond acceptors (Lipinski definition) is 6.